The van der Waals surface area contributed by atoms with Gasteiger partial charge in [0.05, 0.1) is 24.9 Å². The Morgan fingerprint density at radius 3 is 2.79 bits per heavy atom. The summed E-state index contributed by atoms with van der Waals surface area (Å²) in [6, 6.07) is 17.4. The van der Waals surface area contributed by atoms with Crippen molar-refractivity contribution in [3.05, 3.63) is 90.0 Å². The molecule has 0 spiro atoms. The standard InChI is InChI=1S/C27H26N4O3/c1-19-9-10-23(16-30-19)34-26-24(8-4-12-29-26)27(32)31-13-14-33-18-20(17-31)15-22-6-2-5-21-7-3-11-28-25(21)22/h2-12,16,20H,13-15,17-18H2,1H3. The van der Waals surface area contributed by atoms with Crippen molar-refractivity contribution in [1.82, 2.24) is 19.9 Å². The summed E-state index contributed by atoms with van der Waals surface area (Å²) in [5.41, 5.74) is 3.48. The first-order chi connectivity index (χ1) is 16.7. The van der Waals surface area contributed by atoms with E-state index in [0.717, 1.165) is 23.0 Å². The van der Waals surface area contributed by atoms with E-state index in [1.165, 1.54) is 5.56 Å². The summed E-state index contributed by atoms with van der Waals surface area (Å²) in [7, 11) is 0. The van der Waals surface area contributed by atoms with Crippen LogP contribution in [0.2, 0.25) is 0 Å². The van der Waals surface area contributed by atoms with Crippen molar-refractivity contribution >= 4 is 16.8 Å². The first-order valence-corrected chi connectivity index (χ1v) is 11.4. The van der Waals surface area contributed by atoms with Crippen molar-refractivity contribution in [3.8, 4) is 11.6 Å². The van der Waals surface area contributed by atoms with Gasteiger partial charge >= 0.3 is 0 Å². The normalized spacial score (nSPS) is 16.3. The molecule has 1 unspecified atom stereocenters. The minimum atomic E-state index is -0.116. The average Bonchev–Trinajstić information content (AvgIpc) is 3.11. The summed E-state index contributed by atoms with van der Waals surface area (Å²) in [6.07, 6.45) is 5.85. The number of benzene rings is 1. The Morgan fingerprint density at radius 1 is 1.06 bits per heavy atom. The van der Waals surface area contributed by atoms with E-state index in [9.17, 15) is 4.79 Å². The van der Waals surface area contributed by atoms with Crippen molar-refractivity contribution in [3.63, 3.8) is 0 Å². The first kappa shape index (κ1) is 22.0. The lowest BCUT2D eigenvalue weighted by Gasteiger charge is -2.24. The quantitative estimate of drug-likeness (QED) is 0.443. The summed E-state index contributed by atoms with van der Waals surface area (Å²) in [5.74, 6) is 0.855. The number of nitrogens with zero attached hydrogens (tertiary/aromatic N) is 4. The molecule has 172 valence electrons. The van der Waals surface area contributed by atoms with E-state index >= 15 is 0 Å². The molecular weight excluding hydrogens is 428 g/mol. The molecule has 1 saturated heterocycles. The molecule has 0 radical (unpaired) electrons. The number of aryl methyl sites for hydroxylation is 1. The van der Waals surface area contributed by atoms with E-state index in [1.807, 2.05) is 36.2 Å². The van der Waals surface area contributed by atoms with Gasteiger partial charge in [-0.25, -0.2) is 4.98 Å². The van der Waals surface area contributed by atoms with E-state index in [4.69, 9.17) is 9.47 Å². The van der Waals surface area contributed by atoms with Crippen LogP contribution in [0, 0.1) is 12.8 Å². The molecule has 7 heteroatoms. The number of carbonyl (C=O) groups is 1. The summed E-state index contributed by atoms with van der Waals surface area (Å²) in [6.45, 7) is 4.10. The van der Waals surface area contributed by atoms with Crippen LogP contribution in [0.1, 0.15) is 21.6 Å². The number of fused-ring (bicyclic) bond motifs is 1. The van der Waals surface area contributed by atoms with Gasteiger partial charge in [-0.15, -0.1) is 0 Å². The van der Waals surface area contributed by atoms with Gasteiger partial charge in [0.2, 0.25) is 5.88 Å². The molecule has 7 nitrogen and oxygen atoms in total. The summed E-state index contributed by atoms with van der Waals surface area (Å²) >= 11 is 0. The van der Waals surface area contributed by atoms with E-state index in [1.54, 1.807) is 24.5 Å². The fourth-order valence-corrected chi connectivity index (χ4v) is 4.26. The van der Waals surface area contributed by atoms with E-state index < -0.39 is 0 Å². The molecule has 1 fully saturated rings. The lowest BCUT2D eigenvalue weighted by Crippen LogP contribution is -2.36. The fourth-order valence-electron chi connectivity index (χ4n) is 4.26. The molecule has 1 aliphatic rings. The average molecular weight is 455 g/mol. The zero-order valence-electron chi connectivity index (χ0n) is 19.1. The second-order valence-corrected chi connectivity index (χ2v) is 8.48. The largest absolute Gasteiger partial charge is 0.437 e. The Bertz CT molecular complexity index is 1290. The van der Waals surface area contributed by atoms with Gasteiger partial charge in [-0.1, -0.05) is 24.3 Å². The van der Waals surface area contributed by atoms with Crippen molar-refractivity contribution in [2.45, 2.75) is 13.3 Å². The predicted octanol–water partition coefficient (Wildman–Crippen LogP) is 4.46. The number of hydrogen-bond donors (Lipinski definition) is 0. The maximum absolute atomic E-state index is 13.6. The molecule has 5 rings (SSSR count). The molecule has 0 aliphatic carbocycles. The van der Waals surface area contributed by atoms with Gasteiger partial charge < -0.3 is 14.4 Å². The lowest BCUT2D eigenvalue weighted by molar-refractivity contribution is 0.0734. The number of pyridine rings is 3. The Kier molecular flexibility index (Phi) is 6.44. The maximum atomic E-state index is 13.6. The van der Waals surface area contributed by atoms with Crippen molar-refractivity contribution < 1.29 is 14.3 Å². The van der Waals surface area contributed by atoms with Crippen molar-refractivity contribution in [2.75, 3.05) is 26.3 Å². The number of para-hydroxylation sites is 1. The van der Waals surface area contributed by atoms with Crippen LogP contribution >= 0.6 is 0 Å². The second-order valence-electron chi connectivity index (χ2n) is 8.48. The van der Waals surface area contributed by atoms with Crippen LogP contribution in [0.4, 0.5) is 0 Å². The number of hydrogen-bond acceptors (Lipinski definition) is 6. The van der Waals surface area contributed by atoms with Crippen LogP contribution in [-0.4, -0.2) is 52.1 Å². The first-order valence-electron chi connectivity index (χ1n) is 11.4. The zero-order chi connectivity index (χ0) is 23.3. The van der Waals surface area contributed by atoms with E-state index in [2.05, 4.69) is 39.2 Å². The van der Waals surface area contributed by atoms with Gasteiger partial charge in [0.15, 0.2) is 0 Å². The maximum Gasteiger partial charge on any atom is 0.259 e. The lowest BCUT2D eigenvalue weighted by atomic mass is 9.97. The molecule has 1 aliphatic heterocycles. The molecule has 0 N–H and O–H groups in total. The second kappa shape index (κ2) is 9.97. The molecule has 1 atom stereocenters. The molecule has 1 amide bonds. The zero-order valence-corrected chi connectivity index (χ0v) is 19.1. The van der Waals surface area contributed by atoms with Crippen LogP contribution in [0.3, 0.4) is 0 Å². The summed E-state index contributed by atoms with van der Waals surface area (Å²) in [4.78, 5) is 28.5. The van der Waals surface area contributed by atoms with Gasteiger partial charge in [0.25, 0.3) is 5.91 Å². The van der Waals surface area contributed by atoms with Gasteiger partial charge in [-0.05, 0) is 49.2 Å². The van der Waals surface area contributed by atoms with Crippen LogP contribution in [0.25, 0.3) is 10.9 Å². The smallest absolute Gasteiger partial charge is 0.259 e. The highest BCUT2D eigenvalue weighted by Crippen LogP contribution is 2.26. The number of carbonyl (C=O) groups excluding carboxylic acids is 1. The molecule has 0 saturated carbocycles. The highest BCUT2D eigenvalue weighted by Gasteiger charge is 2.26. The van der Waals surface area contributed by atoms with E-state index in [0.29, 0.717) is 37.6 Å². The molecular formula is C27H26N4O3. The van der Waals surface area contributed by atoms with Gasteiger partial charge in [0.1, 0.15) is 11.3 Å². The Labute approximate surface area is 198 Å². The fraction of sp³-hybridized carbons (Fsp3) is 0.259. The predicted molar refractivity (Wildman–Crippen MR) is 129 cm³/mol. The Hall–Kier alpha value is -3.84. The van der Waals surface area contributed by atoms with Gasteiger partial charge in [-0.2, -0.15) is 0 Å². The topological polar surface area (TPSA) is 77.4 Å². The van der Waals surface area contributed by atoms with Gasteiger partial charge in [0, 0.05) is 42.5 Å². The SMILES string of the molecule is Cc1ccc(Oc2ncccc2C(=O)N2CCOCC(Cc3cccc4cccnc34)C2)cn1. The number of amides is 1. The number of ether oxygens (including phenoxy) is 2. The minimum Gasteiger partial charge on any atom is -0.437 e. The third-order valence-electron chi connectivity index (χ3n) is 5.95. The monoisotopic (exact) mass is 454 g/mol. The van der Waals surface area contributed by atoms with Crippen LogP contribution < -0.4 is 4.74 Å². The third-order valence-corrected chi connectivity index (χ3v) is 5.95. The van der Waals surface area contributed by atoms with Crippen LogP contribution in [0.5, 0.6) is 11.6 Å². The Morgan fingerprint density at radius 2 is 1.91 bits per heavy atom. The molecule has 4 heterocycles. The van der Waals surface area contributed by atoms with Crippen LogP contribution in [-0.2, 0) is 11.2 Å². The third kappa shape index (κ3) is 4.89. The number of aromatic nitrogens is 3. The molecule has 4 aromatic rings. The Balaban J connectivity index is 1.35. The molecule has 3 aromatic heterocycles. The minimum absolute atomic E-state index is 0.116. The van der Waals surface area contributed by atoms with Crippen molar-refractivity contribution in [1.29, 1.82) is 0 Å². The van der Waals surface area contributed by atoms with Gasteiger partial charge in [-0.3, -0.25) is 14.8 Å². The molecule has 0 bridgehead atoms. The highest BCUT2D eigenvalue weighted by atomic mass is 16.5. The number of rotatable bonds is 5. The molecule has 34 heavy (non-hydrogen) atoms. The highest BCUT2D eigenvalue weighted by molar-refractivity contribution is 5.96. The van der Waals surface area contributed by atoms with Crippen molar-refractivity contribution in [2.24, 2.45) is 5.92 Å². The molecule has 1 aromatic carbocycles. The van der Waals surface area contributed by atoms with E-state index in [-0.39, 0.29) is 17.7 Å². The summed E-state index contributed by atoms with van der Waals surface area (Å²) < 4.78 is 11.8. The van der Waals surface area contributed by atoms with Crippen LogP contribution in [0.15, 0.2) is 73.2 Å². The summed E-state index contributed by atoms with van der Waals surface area (Å²) in [5, 5.41) is 1.12.